The summed E-state index contributed by atoms with van der Waals surface area (Å²) in [5.74, 6) is 1.05. The minimum atomic E-state index is 0. The summed E-state index contributed by atoms with van der Waals surface area (Å²) in [5, 5.41) is 0. The minimum Gasteiger partial charge on any atom is -0.309 e. The van der Waals surface area contributed by atoms with Crippen molar-refractivity contribution in [3.05, 3.63) is 0 Å². The molecule has 0 heterocycles. The van der Waals surface area contributed by atoms with Crippen LogP contribution < -0.4 is 0 Å². The first kappa shape index (κ1) is 12.2. The molecule has 0 unspecified atom stereocenters. The fourth-order valence-electron chi connectivity index (χ4n) is 1.92. The van der Waals surface area contributed by atoms with Crippen LogP contribution in [-0.4, -0.2) is 25.5 Å². The number of hydrogen-bond acceptors (Lipinski definition) is 1. The summed E-state index contributed by atoms with van der Waals surface area (Å²) >= 11 is 0. The van der Waals surface area contributed by atoms with Crippen LogP contribution in [0.3, 0.4) is 0 Å². The highest BCUT2D eigenvalue weighted by atomic mass is 35.5. The Morgan fingerprint density at radius 2 is 1.67 bits per heavy atom. The van der Waals surface area contributed by atoms with E-state index in [4.69, 9.17) is 0 Å². The molecule has 1 aliphatic carbocycles. The molecule has 12 heavy (non-hydrogen) atoms. The molecule has 0 bridgehead atoms. The van der Waals surface area contributed by atoms with Crippen molar-refractivity contribution in [1.82, 2.24) is 4.90 Å². The quantitative estimate of drug-likeness (QED) is 0.663. The van der Waals surface area contributed by atoms with Gasteiger partial charge in [0.05, 0.1) is 0 Å². The summed E-state index contributed by atoms with van der Waals surface area (Å²) in [6.07, 6.45) is 8.86. The summed E-state index contributed by atoms with van der Waals surface area (Å²) < 4.78 is 0. The van der Waals surface area contributed by atoms with Crippen LogP contribution in [0.25, 0.3) is 0 Å². The Labute approximate surface area is 82.9 Å². The van der Waals surface area contributed by atoms with Gasteiger partial charge in [-0.05, 0) is 33.0 Å². The molecule has 0 atom stereocenters. The molecule has 0 spiro atoms. The lowest BCUT2D eigenvalue weighted by molar-refractivity contribution is 0.291. The molecule has 0 aromatic carbocycles. The van der Waals surface area contributed by atoms with Crippen molar-refractivity contribution in [2.75, 3.05) is 20.6 Å². The van der Waals surface area contributed by atoms with Gasteiger partial charge in [-0.15, -0.1) is 12.4 Å². The van der Waals surface area contributed by atoms with E-state index in [0.717, 1.165) is 5.92 Å². The van der Waals surface area contributed by atoms with E-state index >= 15 is 0 Å². The smallest absolute Gasteiger partial charge is 0.00222 e. The predicted octanol–water partition coefficient (Wildman–Crippen LogP) is 2.94. The Bertz CT molecular complexity index is 98.0. The van der Waals surface area contributed by atoms with Gasteiger partial charge >= 0.3 is 0 Å². The van der Waals surface area contributed by atoms with Crippen molar-refractivity contribution in [2.24, 2.45) is 5.92 Å². The van der Waals surface area contributed by atoms with E-state index in [1.54, 1.807) is 0 Å². The van der Waals surface area contributed by atoms with Crippen molar-refractivity contribution in [3.63, 3.8) is 0 Å². The third kappa shape index (κ3) is 5.00. The number of hydrogen-bond donors (Lipinski definition) is 0. The SMILES string of the molecule is CN(C)CCC1CCCCC1.Cl. The van der Waals surface area contributed by atoms with E-state index < -0.39 is 0 Å². The van der Waals surface area contributed by atoms with E-state index in [1.807, 2.05) is 0 Å². The maximum Gasteiger partial charge on any atom is -0.00222 e. The molecular weight excluding hydrogens is 170 g/mol. The molecule has 1 saturated carbocycles. The molecule has 0 amide bonds. The second-order valence-corrected chi connectivity index (χ2v) is 4.10. The van der Waals surface area contributed by atoms with Gasteiger partial charge in [0.1, 0.15) is 0 Å². The minimum absolute atomic E-state index is 0. The van der Waals surface area contributed by atoms with E-state index in [-0.39, 0.29) is 12.4 Å². The molecule has 1 rings (SSSR count). The summed E-state index contributed by atoms with van der Waals surface area (Å²) in [4.78, 5) is 2.30. The monoisotopic (exact) mass is 191 g/mol. The lowest BCUT2D eigenvalue weighted by atomic mass is 9.87. The largest absolute Gasteiger partial charge is 0.309 e. The maximum absolute atomic E-state index is 2.30. The van der Waals surface area contributed by atoms with Gasteiger partial charge in [0.25, 0.3) is 0 Å². The van der Waals surface area contributed by atoms with Crippen LogP contribution >= 0.6 is 12.4 Å². The van der Waals surface area contributed by atoms with Crippen molar-refractivity contribution >= 4 is 12.4 Å². The molecule has 1 fully saturated rings. The summed E-state index contributed by atoms with van der Waals surface area (Å²) in [5.41, 5.74) is 0. The molecule has 0 aliphatic heterocycles. The average Bonchev–Trinajstić information content (AvgIpc) is 2.03. The first-order valence-corrected chi connectivity index (χ1v) is 4.94. The summed E-state index contributed by atoms with van der Waals surface area (Å²) in [6, 6.07) is 0. The van der Waals surface area contributed by atoms with E-state index in [2.05, 4.69) is 19.0 Å². The molecule has 1 aliphatic rings. The van der Waals surface area contributed by atoms with Crippen molar-refractivity contribution in [3.8, 4) is 0 Å². The fraction of sp³-hybridized carbons (Fsp3) is 1.00. The van der Waals surface area contributed by atoms with Crippen LogP contribution in [-0.2, 0) is 0 Å². The standard InChI is InChI=1S/C10H21N.ClH/c1-11(2)9-8-10-6-4-3-5-7-10;/h10H,3-9H2,1-2H3;1H. The Morgan fingerprint density at radius 1 is 1.08 bits per heavy atom. The van der Waals surface area contributed by atoms with Gasteiger partial charge in [-0.3, -0.25) is 0 Å². The molecule has 0 radical (unpaired) electrons. The molecule has 0 saturated heterocycles. The van der Waals surface area contributed by atoms with Crippen LogP contribution in [0, 0.1) is 5.92 Å². The predicted molar refractivity (Wildman–Crippen MR) is 57.0 cm³/mol. The zero-order chi connectivity index (χ0) is 8.10. The topological polar surface area (TPSA) is 3.24 Å². The molecule has 0 aromatic rings. The van der Waals surface area contributed by atoms with Crippen molar-refractivity contribution in [1.29, 1.82) is 0 Å². The maximum atomic E-state index is 2.30. The second kappa shape index (κ2) is 6.73. The van der Waals surface area contributed by atoms with Gasteiger partial charge in [-0.1, -0.05) is 32.1 Å². The van der Waals surface area contributed by atoms with Gasteiger partial charge in [-0.2, -0.15) is 0 Å². The zero-order valence-electron chi connectivity index (χ0n) is 8.38. The van der Waals surface area contributed by atoms with Gasteiger partial charge < -0.3 is 4.90 Å². The van der Waals surface area contributed by atoms with Crippen molar-refractivity contribution < 1.29 is 0 Å². The van der Waals surface area contributed by atoms with Crippen LogP contribution in [0.1, 0.15) is 38.5 Å². The second-order valence-electron chi connectivity index (χ2n) is 4.10. The van der Waals surface area contributed by atoms with Crippen LogP contribution in [0.2, 0.25) is 0 Å². The van der Waals surface area contributed by atoms with Gasteiger partial charge in [0.15, 0.2) is 0 Å². The highest BCUT2D eigenvalue weighted by Crippen LogP contribution is 2.25. The Morgan fingerprint density at radius 3 is 2.17 bits per heavy atom. The molecule has 1 nitrogen and oxygen atoms in total. The van der Waals surface area contributed by atoms with Crippen molar-refractivity contribution in [2.45, 2.75) is 38.5 Å². The number of halogens is 1. The van der Waals surface area contributed by atoms with Crippen LogP contribution in [0.4, 0.5) is 0 Å². The molecule has 2 heteroatoms. The average molecular weight is 192 g/mol. The fourth-order valence-corrected chi connectivity index (χ4v) is 1.92. The highest BCUT2D eigenvalue weighted by molar-refractivity contribution is 5.85. The highest BCUT2D eigenvalue weighted by Gasteiger charge is 2.12. The van der Waals surface area contributed by atoms with E-state index in [1.165, 1.54) is 45.1 Å². The molecule has 0 aromatic heterocycles. The van der Waals surface area contributed by atoms with Gasteiger partial charge in [0.2, 0.25) is 0 Å². The molecular formula is C10H22ClN. The Hall–Kier alpha value is 0.250. The Kier molecular flexibility index (Phi) is 6.87. The third-order valence-electron chi connectivity index (χ3n) is 2.71. The first-order chi connectivity index (χ1) is 5.29. The zero-order valence-corrected chi connectivity index (χ0v) is 9.20. The van der Waals surface area contributed by atoms with E-state index in [9.17, 15) is 0 Å². The van der Waals surface area contributed by atoms with Gasteiger partial charge in [-0.25, -0.2) is 0 Å². The first-order valence-electron chi connectivity index (χ1n) is 4.94. The lowest BCUT2D eigenvalue weighted by Crippen LogP contribution is -2.18. The third-order valence-corrected chi connectivity index (χ3v) is 2.71. The molecule has 0 N–H and O–H groups in total. The van der Waals surface area contributed by atoms with Crippen LogP contribution in [0.15, 0.2) is 0 Å². The van der Waals surface area contributed by atoms with Gasteiger partial charge in [0, 0.05) is 0 Å². The lowest BCUT2D eigenvalue weighted by Gasteiger charge is -2.22. The van der Waals surface area contributed by atoms with E-state index in [0.29, 0.717) is 0 Å². The normalized spacial score (nSPS) is 19.2. The van der Waals surface area contributed by atoms with Crippen LogP contribution in [0.5, 0.6) is 0 Å². The summed E-state index contributed by atoms with van der Waals surface area (Å²) in [7, 11) is 4.34. The molecule has 74 valence electrons. The number of nitrogens with zero attached hydrogens (tertiary/aromatic N) is 1. The summed E-state index contributed by atoms with van der Waals surface area (Å²) in [6.45, 7) is 1.28. The Balaban J connectivity index is 0.00000121. The number of rotatable bonds is 3.